The Morgan fingerprint density at radius 2 is 1.46 bits per heavy atom. The zero-order valence-corrected chi connectivity index (χ0v) is 16.0. The van der Waals surface area contributed by atoms with Gasteiger partial charge in [-0.3, -0.25) is 4.79 Å². The second kappa shape index (κ2) is 18.5. The van der Waals surface area contributed by atoms with E-state index in [2.05, 4.69) is 12.2 Å². The van der Waals surface area contributed by atoms with Crippen LogP contribution >= 0.6 is 12.4 Å². The molecule has 0 rings (SSSR count). The van der Waals surface area contributed by atoms with Crippen molar-refractivity contribution in [2.24, 2.45) is 5.73 Å². The summed E-state index contributed by atoms with van der Waals surface area (Å²) in [5.41, 5.74) is 5.40. The van der Waals surface area contributed by atoms with E-state index in [1.165, 1.54) is 38.5 Å². The molecule has 0 aromatic carbocycles. The molecule has 1 atom stereocenters. The molecule has 1 amide bonds. The number of carbonyl (C=O) groups is 2. The average molecular weight is 365 g/mol. The Kier molecular flexibility index (Phi) is 19.6. The van der Waals surface area contributed by atoms with Crippen molar-refractivity contribution in [2.45, 2.75) is 96.4 Å². The summed E-state index contributed by atoms with van der Waals surface area (Å²) < 4.78 is 0. The number of rotatable bonds is 16. The Labute approximate surface area is 153 Å². The van der Waals surface area contributed by atoms with E-state index in [1.54, 1.807) is 0 Å². The molecule has 0 aliphatic heterocycles. The maximum absolute atomic E-state index is 11.8. The van der Waals surface area contributed by atoms with Crippen LogP contribution < -0.4 is 11.1 Å². The number of aliphatic carboxylic acids is 1. The molecule has 0 saturated heterocycles. The van der Waals surface area contributed by atoms with Crippen molar-refractivity contribution in [2.75, 3.05) is 6.54 Å². The molecule has 6 heteroatoms. The lowest BCUT2D eigenvalue weighted by Crippen LogP contribution is -2.40. The Balaban J connectivity index is 0. The molecule has 0 fully saturated rings. The Morgan fingerprint density at radius 3 is 1.96 bits per heavy atom. The first-order valence-corrected chi connectivity index (χ1v) is 9.34. The van der Waals surface area contributed by atoms with E-state index in [4.69, 9.17) is 10.8 Å². The molecule has 0 spiro atoms. The van der Waals surface area contributed by atoms with Crippen LogP contribution in [0.2, 0.25) is 0 Å². The quantitative estimate of drug-likeness (QED) is 0.360. The van der Waals surface area contributed by atoms with Crippen molar-refractivity contribution in [3.8, 4) is 0 Å². The first kappa shape index (κ1) is 25.4. The predicted molar refractivity (Wildman–Crippen MR) is 102 cm³/mol. The molecule has 0 heterocycles. The molecular formula is C18H37ClN2O3. The number of halogens is 1. The molecule has 0 aliphatic carbocycles. The Hall–Kier alpha value is -0.810. The van der Waals surface area contributed by atoms with E-state index >= 15 is 0 Å². The maximum atomic E-state index is 11.8. The van der Waals surface area contributed by atoms with Gasteiger partial charge in [-0.05, 0) is 32.2 Å². The molecule has 1 unspecified atom stereocenters. The largest absolute Gasteiger partial charge is 0.480 e. The summed E-state index contributed by atoms with van der Waals surface area (Å²) in [5, 5.41) is 11.7. The topological polar surface area (TPSA) is 92.4 Å². The molecule has 24 heavy (non-hydrogen) atoms. The summed E-state index contributed by atoms with van der Waals surface area (Å²) in [6.45, 7) is 2.77. The SMILES string of the molecule is CCCCCCCCCCCC(=O)NC(CCCCN)C(=O)O.Cl. The van der Waals surface area contributed by atoms with Gasteiger partial charge in [0.25, 0.3) is 0 Å². The number of hydrogen-bond donors (Lipinski definition) is 3. The van der Waals surface area contributed by atoms with Gasteiger partial charge < -0.3 is 16.2 Å². The standard InChI is InChI=1S/C18H36N2O3.ClH/c1-2-3-4-5-6-7-8-9-10-14-17(21)20-16(18(22)23)13-11-12-15-19;/h16H,2-15,19H2,1H3,(H,20,21)(H,22,23);1H. The molecule has 0 aromatic heterocycles. The van der Waals surface area contributed by atoms with Crippen LogP contribution in [-0.2, 0) is 9.59 Å². The molecule has 144 valence electrons. The smallest absolute Gasteiger partial charge is 0.326 e. The van der Waals surface area contributed by atoms with Crippen LogP contribution in [-0.4, -0.2) is 29.6 Å². The number of carbonyl (C=O) groups excluding carboxylic acids is 1. The highest BCUT2D eigenvalue weighted by molar-refractivity contribution is 5.85. The van der Waals surface area contributed by atoms with Gasteiger partial charge in [-0.2, -0.15) is 0 Å². The van der Waals surface area contributed by atoms with E-state index in [-0.39, 0.29) is 18.3 Å². The van der Waals surface area contributed by atoms with Gasteiger partial charge >= 0.3 is 5.97 Å². The van der Waals surface area contributed by atoms with Gasteiger partial charge in [-0.15, -0.1) is 12.4 Å². The van der Waals surface area contributed by atoms with Crippen LogP contribution in [0.15, 0.2) is 0 Å². The summed E-state index contributed by atoms with van der Waals surface area (Å²) in [6, 6.07) is -0.771. The van der Waals surface area contributed by atoms with Gasteiger partial charge in [-0.1, -0.05) is 58.3 Å². The molecule has 0 aliphatic rings. The molecule has 4 N–H and O–H groups in total. The normalized spacial score (nSPS) is 11.6. The minimum Gasteiger partial charge on any atom is -0.480 e. The van der Waals surface area contributed by atoms with Crippen molar-refractivity contribution in [3.63, 3.8) is 0 Å². The fraction of sp³-hybridized carbons (Fsp3) is 0.889. The van der Waals surface area contributed by atoms with Gasteiger partial charge in [0.2, 0.25) is 5.91 Å². The lowest BCUT2D eigenvalue weighted by molar-refractivity contribution is -0.142. The second-order valence-corrected chi connectivity index (χ2v) is 6.32. The first-order valence-electron chi connectivity index (χ1n) is 9.34. The predicted octanol–water partition coefficient (Wildman–Crippen LogP) is 4.03. The lowest BCUT2D eigenvalue weighted by atomic mass is 10.1. The third-order valence-electron chi connectivity index (χ3n) is 4.09. The van der Waals surface area contributed by atoms with E-state index in [0.717, 1.165) is 32.1 Å². The minimum absolute atomic E-state index is 0. The summed E-state index contributed by atoms with van der Waals surface area (Å²) in [4.78, 5) is 22.9. The van der Waals surface area contributed by atoms with Gasteiger partial charge in [0, 0.05) is 6.42 Å². The van der Waals surface area contributed by atoms with E-state index < -0.39 is 12.0 Å². The molecule has 0 aromatic rings. The fourth-order valence-electron chi connectivity index (χ4n) is 2.61. The maximum Gasteiger partial charge on any atom is 0.326 e. The Morgan fingerprint density at radius 1 is 0.917 bits per heavy atom. The van der Waals surface area contributed by atoms with E-state index in [9.17, 15) is 9.59 Å². The van der Waals surface area contributed by atoms with Crippen LogP contribution in [0.5, 0.6) is 0 Å². The van der Waals surface area contributed by atoms with Crippen molar-refractivity contribution < 1.29 is 14.7 Å². The van der Waals surface area contributed by atoms with Crippen molar-refractivity contribution in [3.05, 3.63) is 0 Å². The number of nitrogens with one attached hydrogen (secondary N) is 1. The lowest BCUT2D eigenvalue weighted by Gasteiger charge is -2.14. The summed E-state index contributed by atoms with van der Waals surface area (Å²) in [5.74, 6) is -1.10. The minimum atomic E-state index is -0.956. The van der Waals surface area contributed by atoms with E-state index in [1.807, 2.05) is 0 Å². The molecular weight excluding hydrogens is 328 g/mol. The zero-order chi connectivity index (χ0) is 17.3. The molecule has 5 nitrogen and oxygen atoms in total. The average Bonchev–Trinajstić information content (AvgIpc) is 2.52. The summed E-state index contributed by atoms with van der Waals surface area (Å²) >= 11 is 0. The Bertz CT molecular complexity index is 315. The van der Waals surface area contributed by atoms with Crippen LogP contribution in [0, 0.1) is 0 Å². The summed E-state index contributed by atoms with van der Waals surface area (Å²) in [7, 11) is 0. The van der Waals surface area contributed by atoms with Crippen LogP contribution in [0.3, 0.4) is 0 Å². The highest BCUT2D eigenvalue weighted by Gasteiger charge is 2.18. The van der Waals surface area contributed by atoms with Gasteiger partial charge in [0.15, 0.2) is 0 Å². The van der Waals surface area contributed by atoms with Crippen LogP contribution in [0.25, 0.3) is 0 Å². The number of unbranched alkanes of at least 4 members (excludes halogenated alkanes) is 9. The van der Waals surface area contributed by atoms with Crippen LogP contribution in [0.1, 0.15) is 90.4 Å². The number of nitrogens with two attached hydrogens (primary N) is 1. The fourth-order valence-corrected chi connectivity index (χ4v) is 2.61. The third kappa shape index (κ3) is 16.1. The van der Waals surface area contributed by atoms with Gasteiger partial charge in [-0.25, -0.2) is 4.79 Å². The third-order valence-corrected chi connectivity index (χ3v) is 4.09. The molecule has 0 radical (unpaired) electrons. The number of carboxylic acid groups (broad SMARTS) is 1. The summed E-state index contributed by atoms with van der Waals surface area (Å²) in [6.07, 6.45) is 13.2. The van der Waals surface area contributed by atoms with E-state index in [0.29, 0.717) is 19.4 Å². The van der Waals surface area contributed by atoms with Crippen LogP contribution in [0.4, 0.5) is 0 Å². The van der Waals surface area contributed by atoms with Gasteiger partial charge in [0.05, 0.1) is 0 Å². The van der Waals surface area contributed by atoms with Gasteiger partial charge in [0.1, 0.15) is 6.04 Å². The highest BCUT2D eigenvalue weighted by Crippen LogP contribution is 2.10. The second-order valence-electron chi connectivity index (χ2n) is 6.32. The monoisotopic (exact) mass is 364 g/mol. The number of carboxylic acids is 1. The van der Waals surface area contributed by atoms with Crippen molar-refractivity contribution in [1.82, 2.24) is 5.32 Å². The molecule has 0 bridgehead atoms. The number of hydrogen-bond acceptors (Lipinski definition) is 3. The van der Waals surface area contributed by atoms with Crippen molar-refractivity contribution >= 4 is 24.3 Å². The molecule has 0 saturated carbocycles. The first-order chi connectivity index (χ1) is 11.1. The zero-order valence-electron chi connectivity index (χ0n) is 15.2. The highest BCUT2D eigenvalue weighted by atomic mass is 35.5. The van der Waals surface area contributed by atoms with Crippen molar-refractivity contribution in [1.29, 1.82) is 0 Å². The number of amides is 1.